The van der Waals surface area contributed by atoms with Crippen molar-refractivity contribution in [3.8, 4) is 0 Å². The topological polar surface area (TPSA) is 98.7 Å². The molecule has 2 heterocycles. The maximum Gasteiger partial charge on any atom is 0.263 e. The Morgan fingerprint density at radius 3 is 2.81 bits per heavy atom. The van der Waals surface area contributed by atoms with Gasteiger partial charge in [0.1, 0.15) is 4.88 Å². The monoisotopic (exact) mass is 394 g/mol. The third-order valence-electron chi connectivity index (χ3n) is 4.30. The van der Waals surface area contributed by atoms with E-state index in [-0.39, 0.29) is 23.8 Å². The Balaban J connectivity index is 1.80. The molecule has 0 aliphatic carbocycles. The van der Waals surface area contributed by atoms with E-state index in [1.165, 1.54) is 11.3 Å². The van der Waals surface area contributed by atoms with Crippen LogP contribution in [0, 0.1) is 12.8 Å². The van der Waals surface area contributed by atoms with Crippen molar-refractivity contribution in [2.24, 2.45) is 10.9 Å². The highest BCUT2D eigenvalue weighted by Gasteiger charge is 2.27. The molecule has 9 heteroatoms. The minimum atomic E-state index is -0.109. The van der Waals surface area contributed by atoms with Crippen LogP contribution in [0.3, 0.4) is 0 Å². The zero-order valence-corrected chi connectivity index (χ0v) is 17.4. The molecule has 1 aliphatic rings. The number of carbonyl (C=O) groups is 2. The molecule has 0 radical (unpaired) electrons. The molecule has 150 valence electrons. The molecule has 0 aromatic carbocycles. The maximum atomic E-state index is 12.1. The summed E-state index contributed by atoms with van der Waals surface area (Å²) in [6.45, 7) is 10.8. The van der Waals surface area contributed by atoms with Gasteiger partial charge >= 0.3 is 0 Å². The summed E-state index contributed by atoms with van der Waals surface area (Å²) < 4.78 is 0. The summed E-state index contributed by atoms with van der Waals surface area (Å²) in [4.78, 5) is 35.3. The first-order valence-corrected chi connectivity index (χ1v) is 10.3. The second-order valence-corrected chi connectivity index (χ2v) is 7.71. The maximum absolute atomic E-state index is 12.1. The third kappa shape index (κ3) is 6.20. The summed E-state index contributed by atoms with van der Waals surface area (Å²) in [6.07, 6.45) is 0.907. The van der Waals surface area contributed by atoms with E-state index in [0.29, 0.717) is 30.5 Å². The number of likely N-dealkylation sites (tertiary alicyclic amines) is 1. The number of aliphatic imine (C=N–C) groups is 1. The molecule has 1 fully saturated rings. The lowest BCUT2D eigenvalue weighted by atomic mass is 10.2. The first-order chi connectivity index (χ1) is 12.9. The van der Waals surface area contributed by atoms with Gasteiger partial charge in [0.15, 0.2) is 5.96 Å². The quantitative estimate of drug-likeness (QED) is 0.364. The van der Waals surface area contributed by atoms with Gasteiger partial charge in [0.2, 0.25) is 5.91 Å². The van der Waals surface area contributed by atoms with Gasteiger partial charge in [-0.15, -0.1) is 11.3 Å². The van der Waals surface area contributed by atoms with Crippen molar-refractivity contribution >= 4 is 29.1 Å². The van der Waals surface area contributed by atoms with Crippen LogP contribution < -0.4 is 16.0 Å². The number of guanidine groups is 1. The van der Waals surface area contributed by atoms with Gasteiger partial charge in [0, 0.05) is 38.1 Å². The smallest absolute Gasteiger partial charge is 0.263 e. The van der Waals surface area contributed by atoms with Crippen LogP contribution in [0.25, 0.3) is 0 Å². The Kier molecular flexibility index (Phi) is 8.02. The molecule has 2 amide bonds. The molecule has 1 aromatic rings. The summed E-state index contributed by atoms with van der Waals surface area (Å²) in [6, 6.07) is 0.194. The van der Waals surface area contributed by atoms with Gasteiger partial charge in [-0.2, -0.15) is 0 Å². The van der Waals surface area contributed by atoms with Crippen LogP contribution in [-0.2, 0) is 4.79 Å². The van der Waals surface area contributed by atoms with Crippen LogP contribution in [0.4, 0.5) is 0 Å². The fraction of sp³-hybridized carbons (Fsp3) is 0.667. The lowest BCUT2D eigenvalue weighted by Gasteiger charge is -2.20. The zero-order valence-electron chi connectivity index (χ0n) is 16.5. The molecule has 2 rings (SSSR count). The number of aryl methyl sites for hydroxylation is 1. The van der Waals surface area contributed by atoms with E-state index in [1.807, 2.05) is 32.6 Å². The zero-order chi connectivity index (χ0) is 19.8. The molecule has 1 atom stereocenters. The van der Waals surface area contributed by atoms with E-state index >= 15 is 0 Å². The van der Waals surface area contributed by atoms with Crippen LogP contribution in [-0.4, -0.2) is 66.4 Å². The normalized spacial score (nSPS) is 17.3. The van der Waals surface area contributed by atoms with Crippen molar-refractivity contribution in [2.45, 2.75) is 40.2 Å². The Hall–Kier alpha value is -2.16. The molecular formula is C18H30N6O2S. The van der Waals surface area contributed by atoms with Crippen LogP contribution in [0.15, 0.2) is 10.5 Å². The number of hydrogen-bond acceptors (Lipinski definition) is 5. The van der Waals surface area contributed by atoms with Crippen molar-refractivity contribution < 1.29 is 9.59 Å². The third-order valence-corrected chi connectivity index (χ3v) is 5.23. The van der Waals surface area contributed by atoms with Crippen LogP contribution >= 0.6 is 11.3 Å². The molecule has 0 bridgehead atoms. The van der Waals surface area contributed by atoms with Gasteiger partial charge in [0.25, 0.3) is 5.91 Å². The van der Waals surface area contributed by atoms with Gasteiger partial charge in [-0.1, -0.05) is 13.8 Å². The highest BCUT2D eigenvalue weighted by Crippen LogP contribution is 2.13. The van der Waals surface area contributed by atoms with Gasteiger partial charge < -0.3 is 20.9 Å². The molecule has 1 saturated heterocycles. The number of carbonyl (C=O) groups excluding carboxylic acids is 2. The van der Waals surface area contributed by atoms with Gasteiger partial charge in [-0.05, 0) is 20.3 Å². The number of rotatable bonds is 7. The fourth-order valence-electron chi connectivity index (χ4n) is 2.89. The second-order valence-electron chi connectivity index (χ2n) is 6.85. The molecule has 1 aromatic heterocycles. The van der Waals surface area contributed by atoms with Crippen molar-refractivity contribution in [3.63, 3.8) is 0 Å². The van der Waals surface area contributed by atoms with E-state index < -0.39 is 0 Å². The molecule has 1 unspecified atom stereocenters. The first kappa shape index (κ1) is 21.1. The summed E-state index contributed by atoms with van der Waals surface area (Å²) in [5.74, 6) is 0.824. The highest BCUT2D eigenvalue weighted by molar-refractivity contribution is 7.11. The number of aromatic nitrogens is 1. The van der Waals surface area contributed by atoms with Gasteiger partial charge in [-0.25, -0.2) is 4.98 Å². The molecule has 8 nitrogen and oxygen atoms in total. The van der Waals surface area contributed by atoms with Crippen molar-refractivity contribution in [2.75, 3.05) is 32.7 Å². The van der Waals surface area contributed by atoms with Gasteiger partial charge in [0.05, 0.1) is 17.7 Å². The Bertz CT molecular complexity index is 673. The SMILES string of the molecule is CCNC(=NCCNC(=O)c1scnc1C)NC1CCN(C(=O)C(C)C)C1. The van der Waals surface area contributed by atoms with Crippen LogP contribution in [0.5, 0.6) is 0 Å². The standard InChI is InChI=1S/C18H30N6O2S/c1-5-19-18(23-14-6-9-24(10-14)17(26)12(2)3)21-8-7-20-16(25)15-13(4)22-11-27-15/h11-12,14H,5-10H2,1-4H3,(H,20,25)(H2,19,21,23). The van der Waals surface area contributed by atoms with E-state index in [0.717, 1.165) is 25.2 Å². The molecular weight excluding hydrogens is 364 g/mol. The van der Waals surface area contributed by atoms with Crippen molar-refractivity contribution in [3.05, 3.63) is 16.1 Å². The van der Waals surface area contributed by atoms with Gasteiger partial charge in [-0.3, -0.25) is 14.6 Å². The predicted octanol–water partition coefficient (Wildman–Crippen LogP) is 0.993. The molecule has 27 heavy (non-hydrogen) atoms. The number of hydrogen-bond donors (Lipinski definition) is 3. The Morgan fingerprint density at radius 1 is 1.41 bits per heavy atom. The molecule has 0 spiro atoms. The summed E-state index contributed by atoms with van der Waals surface area (Å²) >= 11 is 1.34. The van der Waals surface area contributed by atoms with Crippen LogP contribution in [0.2, 0.25) is 0 Å². The largest absolute Gasteiger partial charge is 0.357 e. The summed E-state index contributed by atoms with van der Waals surface area (Å²) in [5.41, 5.74) is 2.42. The highest BCUT2D eigenvalue weighted by atomic mass is 32.1. The minimum Gasteiger partial charge on any atom is -0.357 e. The molecule has 1 aliphatic heterocycles. The number of nitrogens with zero attached hydrogens (tertiary/aromatic N) is 3. The number of amides is 2. The van der Waals surface area contributed by atoms with E-state index in [4.69, 9.17) is 0 Å². The Labute approximate surface area is 164 Å². The van der Waals surface area contributed by atoms with Crippen molar-refractivity contribution in [1.82, 2.24) is 25.8 Å². The lowest BCUT2D eigenvalue weighted by Crippen LogP contribution is -2.45. The van der Waals surface area contributed by atoms with E-state index in [1.54, 1.807) is 5.51 Å². The number of thiazole rings is 1. The fourth-order valence-corrected chi connectivity index (χ4v) is 3.61. The first-order valence-electron chi connectivity index (χ1n) is 9.44. The lowest BCUT2D eigenvalue weighted by molar-refractivity contribution is -0.133. The average molecular weight is 395 g/mol. The minimum absolute atomic E-state index is 0.0245. The predicted molar refractivity (Wildman–Crippen MR) is 108 cm³/mol. The van der Waals surface area contributed by atoms with Crippen molar-refractivity contribution in [1.29, 1.82) is 0 Å². The summed E-state index contributed by atoms with van der Waals surface area (Å²) in [5, 5.41) is 9.47. The molecule has 0 saturated carbocycles. The Morgan fingerprint density at radius 2 is 2.19 bits per heavy atom. The summed E-state index contributed by atoms with van der Waals surface area (Å²) in [7, 11) is 0. The van der Waals surface area contributed by atoms with E-state index in [9.17, 15) is 9.59 Å². The second kappa shape index (κ2) is 10.2. The van der Waals surface area contributed by atoms with E-state index in [2.05, 4.69) is 25.9 Å². The molecule has 3 N–H and O–H groups in total. The number of nitrogens with one attached hydrogen (secondary N) is 3. The van der Waals surface area contributed by atoms with Crippen LogP contribution in [0.1, 0.15) is 42.6 Å². The average Bonchev–Trinajstić information content (AvgIpc) is 3.26.